The minimum absolute atomic E-state index is 0.191. The molecule has 0 aliphatic carbocycles. The average Bonchev–Trinajstić information content (AvgIpc) is 3.86. The number of benzene rings is 6. The first-order chi connectivity index (χ1) is 27.9. The molecular formula is C46H34BCl3N4O2S2. The number of thiophene rings is 2. The fourth-order valence-electron chi connectivity index (χ4n) is 6.96. The van der Waals surface area contributed by atoms with Crippen LogP contribution in [0, 0.1) is 0 Å². The predicted octanol–water partition coefficient (Wildman–Crippen LogP) is 13.6. The van der Waals surface area contributed by atoms with Crippen LogP contribution in [-0.2, 0) is 9.31 Å². The Morgan fingerprint density at radius 1 is 0.500 bits per heavy atom. The second-order valence-electron chi connectivity index (χ2n) is 14.9. The molecule has 6 nitrogen and oxygen atoms in total. The molecule has 0 amide bonds. The van der Waals surface area contributed by atoms with Crippen molar-refractivity contribution in [1.82, 2.24) is 19.9 Å². The highest BCUT2D eigenvalue weighted by Gasteiger charge is 2.51. The first kappa shape index (κ1) is 38.8. The van der Waals surface area contributed by atoms with Crippen molar-refractivity contribution in [1.29, 1.82) is 0 Å². The van der Waals surface area contributed by atoms with Crippen molar-refractivity contribution in [3.8, 4) is 11.3 Å². The highest BCUT2D eigenvalue weighted by molar-refractivity contribution is 7.26. The van der Waals surface area contributed by atoms with E-state index in [0.29, 0.717) is 5.15 Å². The van der Waals surface area contributed by atoms with Crippen LogP contribution in [0.25, 0.3) is 73.4 Å². The van der Waals surface area contributed by atoms with Gasteiger partial charge in [-0.3, -0.25) is 0 Å². The number of nitrogens with zero attached hydrogens (tertiary/aromatic N) is 4. The van der Waals surface area contributed by atoms with Gasteiger partial charge >= 0.3 is 7.12 Å². The lowest BCUT2D eigenvalue weighted by atomic mass is 9.78. The fourth-order valence-corrected chi connectivity index (χ4v) is 9.80. The SMILES string of the molecule is CC1(C)OB(c2ccc3ccccc3c2)OC1(C)C.Clc1nc(-c2ccc3ccccc3c2)c2sc3ccccc3c2n1.Clc1nc(Cl)c2sc3ccccc3c2n1. The first-order valence-electron chi connectivity index (χ1n) is 18.6. The van der Waals surface area contributed by atoms with Crippen molar-refractivity contribution in [2.75, 3.05) is 0 Å². The Bertz CT molecular complexity index is 3150. The van der Waals surface area contributed by atoms with Gasteiger partial charge in [-0.1, -0.05) is 127 Å². The van der Waals surface area contributed by atoms with Crippen molar-refractivity contribution < 1.29 is 9.31 Å². The van der Waals surface area contributed by atoms with Gasteiger partial charge in [0.05, 0.1) is 37.3 Å². The summed E-state index contributed by atoms with van der Waals surface area (Å²) in [6, 6.07) is 45.7. The van der Waals surface area contributed by atoms with Gasteiger partial charge in [-0.05, 0) is 96.1 Å². The summed E-state index contributed by atoms with van der Waals surface area (Å²) < 4.78 is 16.5. The van der Waals surface area contributed by atoms with Gasteiger partial charge in [0.2, 0.25) is 10.6 Å². The van der Waals surface area contributed by atoms with E-state index in [1.807, 2.05) is 48.5 Å². The number of halogens is 3. The molecule has 6 aromatic carbocycles. The zero-order valence-electron chi connectivity index (χ0n) is 31.8. The fraction of sp³-hybridized carbons (Fsp3) is 0.130. The second-order valence-corrected chi connectivity index (χ2v) is 18.1. The minimum Gasteiger partial charge on any atom is -0.399 e. The summed E-state index contributed by atoms with van der Waals surface area (Å²) in [5, 5.41) is 7.97. The van der Waals surface area contributed by atoms with Crippen LogP contribution in [0.3, 0.4) is 0 Å². The lowest BCUT2D eigenvalue weighted by Gasteiger charge is -2.32. The van der Waals surface area contributed by atoms with Crippen LogP contribution < -0.4 is 5.46 Å². The van der Waals surface area contributed by atoms with Crippen LogP contribution in [0.15, 0.2) is 133 Å². The van der Waals surface area contributed by atoms with Gasteiger partial charge < -0.3 is 9.31 Å². The van der Waals surface area contributed by atoms with Gasteiger partial charge in [0.25, 0.3) is 0 Å². The number of aromatic nitrogens is 4. The molecule has 58 heavy (non-hydrogen) atoms. The van der Waals surface area contributed by atoms with Gasteiger partial charge in [0.1, 0.15) is 0 Å². The van der Waals surface area contributed by atoms with E-state index in [1.165, 1.54) is 26.2 Å². The highest BCUT2D eigenvalue weighted by Crippen LogP contribution is 2.40. The topological polar surface area (TPSA) is 70.0 Å². The molecule has 1 saturated heterocycles. The maximum atomic E-state index is 6.23. The van der Waals surface area contributed by atoms with Gasteiger partial charge in [0, 0.05) is 25.7 Å². The quantitative estimate of drug-likeness (QED) is 0.0980. The summed E-state index contributed by atoms with van der Waals surface area (Å²) in [7, 11) is -0.283. The molecule has 4 aromatic heterocycles. The van der Waals surface area contributed by atoms with E-state index in [1.54, 1.807) is 22.7 Å². The Hall–Kier alpha value is -4.71. The first-order valence-corrected chi connectivity index (χ1v) is 21.4. The third-order valence-electron chi connectivity index (χ3n) is 10.7. The third-order valence-corrected chi connectivity index (χ3v) is 13.7. The summed E-state index contributed by atoms with van der Waals surface area (Å²) in [5.41, 5.74) is 4.23. The molecule has 12 heteroatoms. The predicted molar refractivity (Wildman–Crippen MR) is 247 cm³/mol. The molecule has 1 fully saturated rings. The Kier molecular flexibility index (Phi) is 10.4. The molecule has 286 valence electrons. The van der Waals surface area contributed by atoms with E-state index in [4.69, 9.17) is 44.1 Å². The molecule has 0 unspecified atom stereocenters. The molecule has 0 N–H and O–H groups in total. The van der Waals surface area contributed by atoms with Crippen molar-refractivity contribution >= 4 is 132 Å². The van der Waals surface area contributed by atoms with Crippen LogP contribution in [-0.4, -0.2) is 38.3 Å². The molecule has 0 atom stereocenters. The average molecular weight is 856 g/mol. The maximum absolute atomic E-state index is 6.23. The third kappa shape index (κ3) is 7.41. The lowest BCUT2D eigenvalue weighted by Crippen LogP contribution is -2.41. The van der Waals surface area contributed by atoms with Crippen LogP contribution in [0.2, 0.25) is 15.7 Å². The Morgan fingerprint density at radius 3 is 1.60 bits per heavy atom. The number of fused-ring (bicyclic) bond motifs is 8. The van der Waals surface area contributed by atoms with Gasteiger partial charge in [-0.2, -0.15) is 0 Å². The monoisotopic (exact) mass is 854 g/mol. The Morgan fingerprint density at radius 2 is 0.983 bits per heavy atom. The van der Waals surface area contributed by atoms with Crippen molar-refractivity contribution in [2.24, 2.45) is 0 Å². The molecule has 0 saturated carbocycles. The maximum Gasteiger partial charge on any atom is 0.494 e. The molecule has 0 spiro atoms. The largest absolute Gasteiger partial charge is 0.494 e. The van der Waals surface area contributed by atoms with Gasteiger partial charge in [0.15, 0.2) is 5.15 Å². The van der Waals surface area contributed by atoms with Gasteiger partial charge in [-0.15, -0.1) is 22.7 Å². The van der Waals surface area contributed by atoms with Crippen LogP contribution >= 0.6 is 57.5 Å². The van der Waals surface area contributed by atoms with E-state index in [0.717, 1.165) is 52.6 Å². The summed E-state index contributed by atoms with van der Waals surface area (Å²) in [6.45, 7) is 8.31. The van der Waals surface area contributed by atoms with Crippen LogP contribution in [0.1, 0.15) is 27.7 Å². The lowest BCUT2D eigenvalue weighted by molar-refractivity contribution is 0.00578. The molecular weight excluding hydrogens is 822 g/mol. The molecule has 0 radical (unpaired) electrons. The summed E-state index contributed by atoms with van der Waals surface area (Å²) in [4.78, 5) is 17.1. The molecule has 1 aliphatic heterocycles. The van der Waals surface area contributed by atoms with E-state index in [2.05, 4.69) is 133 Å². The second kappa shape index (κ2) is 15.5. The van der Waals surface area contributed by atoms with E-state index < -0.39 is 0 Å². The van der Waals surface area contributed by atoms with Crippen LogP contribution in [0.5, 0.6) is 0 Å². The van der Waals surface area contributed by atoms with E-state index in [-0.39, 0.29) is 28.9 Å². The Balaban J connectivity index is 0.000000116. The number of hydrogen-bond donors (Lipinski definition) is 0. The smallest absolute Gasteiger partial charge is 0.399 e. The summed E-state index contributed by atoms with van der Waals surface area (Å²) >= 11 is 21.3. The zero-order valence-corrected chi connectivity index (χ0v) is 35.7. The number of hydrogen-bond acceptors (Lipinski definition) is 8. The highest BCUT2D eigenvalue weighted by atomic mass is 35.5. The van der Waals surface area contributed by atoms with Crippen molar-refractivity contribution in [2.45, 2.75) is 38.9 Å². The standard InChI is InChI=1S/C20H11ClN2S.C16H19BO2.C10H4Cl2N2S/c21-20-22-17(14-10-9-12-5-1-2-6-13(12)11-14)19-18(23-20)15-7-3-4-8-16(15)24-19;1-15(2)16(3,4)19-17(18-15)14-10-9-12-7-5-6-8-13(12)11-14;11-9-8-7(13-10(12)14-9)5-3-1-2-4-6(5)15-8/h1-11H;5-11H,1-4H3;1-4H. The number of rotatable bonds is 2. The molecule has 10 aromatic rings. The zero-order chi connectivity index (χ0) is 40.2. The van der Waals surface area contributed by atoms with E-state index in [9.17, 15) is 0 Å². The summed E-state index contributed by atoms with van der Waals surface area (Å²) in [6.07, 6.45) is 0. The molecule has 0 bridgehead atoms. The molecule has 5 heterocycles. The van der Waals surface area contributed by atoms with Crippen molar-refractivity contribution in [3.05, 3.63) is 149 Å². The van der Waals surface area contributed by atoms with Gasteiger partial charge in [-0.25, -0.2) is 19.9 Å². The normalized spacial score (nSPS) is 14.6. The van der Waals surface area contributed by atoms with Crippen molar-refractivity contribution in [3.63, 3.8) is 0 Å². The molecule has 1 aliphatic rings. The van der Waals surface area contributed by atoms with Crippen LogP contribution in [0.4, 0.5) is 0 Å². The minimum atomic E-state index is -0.288. The van der Waals surface area contributed by atoms with E-state index >= 15 is 0 Å². The molecule has 11 rings (SSSR count). The summed E-state index contributed by atoms with van der Waals surface area (Å²) in [5.74, 6) is 0. The Labute approximate surface area is 358 Å².